The molecule has 1 fully saturated rings. The maximum Gasteiger partial charge on any atom is 0.356 e. The van der Waals surface area contributed by atoms with Crippen LogP contribution in [0.4, 0.5) is 0 Å². The largest absolute Gasteiger partial charge is 0.477 e. The van der Waals surface area contributed by atoms with Crippen molar-refractivity contribution in [3.8, 4) is 17.3 Å². The zero-order valence-corrected chi connectivity index (χ0v) is 31.7. The molecule has 1 aliphatic heterocycles. The van der Waals surface area contributed by atoms with Crippen LogP contribution in [0.2, 0.25) is 0 Å². The molecule has 1 aliphatic rings. The number of carbonyl (C=O) groups is 3. The van der Waals surface area contributed by atoms with Crippen molar-refractivity contribution in [1.82, 2.24) is 42.8 Å². The summed E-state index contributed by atoms with van der Waals surface area (Å²) in [4.78, 5) is 49.0. The fourth-order valence-corrected chi connectivity index (χ4v) is 6.47. The van der Waals surface area contributed by atoms with Gasteiger partial charge in [0.05, 0.1) is 31.4 Å². The van der Waals surface area contributed by atoms with Crippen molar-refractivity contribution in [2.24, 2.45) is 13.0 Å². The Labute approximate surface area is 319 Å². The van der Waals surface area contributed by atoms with Gasteiger partial charge in [0.1, 0.15) is 22.6 Å². The first kappa shape index (κ1) is 36.9. The normalized spacial score (nSPS) is 13.6. The number of ether oxygens (including phenoxy) is 1. The van der Waals surface area contributed by atoms with Gasteiger partial charge in [0.15, 0.2) is 23.4 Å². The highest BCUT2D eigenvalue weighted by Crippen LogP contribution is 2.24. The summed E-state index contributed by atoms with van der Waals surface area (Å²) in [7, 11) is 1.88. The third kappa shape index (κ3) is 8.45. The lowest BCUT2D eigenvalue weighted by atomic mass is 10.0. The summed E-state index contributed by atoms with van der Waals surface area (Å²) in [5, 5.41) is 21.9. The second kappa shape index (κ2) is 16.2. The number of aryl methyl sites for hydroxylation is 1. The van der Waals surface area contributed by atoms with E-state index in [-0.39, 0.29) is 23.4 Å². The Morgan fingerprint density at radius 2 is 1.45 bits per heavy atom. The van der Waals surface area contributed by atoms with E-state index in [1.807, 2.05) is 54.3 Å². The molecule has 1 N–H and O–H groups in total. The Kier molecular flexibility index (Phi) is 11.3. The number of pyridine rings is 3. The van der Waals surface area contributed by atoms with E-state index in [2.05, 4.69) is 58.1 Å². The second-order valence-corrected chi connectivity index (χ2v) is 13.8. The van der Waals surface area contributed by atoms with Gasteiger partial charge in [-0.2, -0.15) is 10.4 Å². The molecule has 7 aromatic heterocycles. The van der Waals surface area contributed by atoms with Gasteiger partial charge in [0, 0.05) is 65.9 Å². The van der Waals surface area contributed by atoms with Crippen LogP contribution >= 0.6 is 31.9 Å². The van der Waals surface area contributed by atoms with Crippen LogP contribution in [0.3, 0.4) is 0 Å². The predicted molar refractivity (Wildman–Crippen MR) is 200 cm³/mol. The van der Waals surface area contributed by atoms with Crippen LogP contribution in [0.1, 0.15) is 51.2 Å². The molecule has 0 spiro atoms. The number of ketones is 1. The Morgan fingerprint density at radius 3 is 2.04 bits per heavy atom. The minimum Gasteiger partial charge on any atom is -0.477 e. The predicted octanol–water partition coefficient (Wildman–Crippen LogP) is 6.18. The van der Waals surface area contributed by atoms with E-state index in [4.69, 9.17) is 15.1 Å². The van der Waals surface area contributed by atoms with Gasteiger partial charge in [0.2, 0.25) is 0 Å². The number of nitrogens with zero attached hydrogens (tertiary/aromatic N) is 10. The number of hydrogen-bond donors (Lipinski definition) is 1. The fourth-order valence-electron chi connectivity index (χ4n) is 5.82. The van der Waals surface area contributed by atoms with Crippen LogP contribution in [0.15, 0.2) is 94.9 Å². The van der Waals surface area contributed by atoms with Crippen molar-refractivity contribution >= 4 is 66.5 Å². The molecule has 0 aromatic carbocycles. The van der Waals surface area contributed by atoms with Gasteiger partial charge in [-0.1, -0.05) is 31.9 Å². The van der Waals surface area contributed by atoms with Gasteiger partial charge in [-0.25, -0.2) is 24.5 Å². The lowest BCUT2D eigenvalue weighted by molar-refractivity contribution is 0.0517. The van der Waals surface area contributed by atoms with E-state index in [1.165, 1.54) is 16.8 Å². The molecule has 0 amide bonds. The smallest absolute Gasteiger partial charge is 0.356 e. The van der Waals surface area contributed by atoms with E-state index in [1.54, 1.807) is 51.6 Å². The maximum absolute atomic E-state index is 12.7. The van der Waals surface area contributed by atoms with Gasteiger partial charge in [0.25, 0.3) is 0 Å². The topological polar surface area (TPSA) is 177 Å². The van der Waals surface area contributed by atoms with E-state index < -0.39 is 5.97 Å². The number of rotatable bonds is 7. The van der Waals surface area contributed by atoms with Crippen molar-refractivity contribution in [1.29, 1.82) is 5.26 Å². The van der Waals surface area contributed by atoms with Crippen molar-refractivity contribution in [2.45, 2.75) is 19.8 Å². The first-order chi connectivity index (χ1) is 25.5. The minimum absolute atomic E-state index is 0.0754. The Morgan fingerprint density at radius 1 is 0.868 bits per heavy atom. The number of nitriles is 1. The Balaban J connectivity index is 0.000000147. The minimum atomic E-state index is -0.977. The molecule has 53 heavy (non-hydrogen) atoms. The summed E-state index contributed by atoms with van der Waals surface area (Å²) < 4.78 is 13.5. The van der Waals surface area contributed by atoms with Crippen LogP contribution in [0.25, 0.3) is 28.1 Å². The first-order valence-electron chi connectivity index (χ1n) is 16.3. The van der Waals surface area contributed by atoms with Gasteiger partial charge >= 0.3 is 11.9 Å². The van der Waals surface area contributed by atoms with Crippen LogP contribution < -0.4 is 0 Å². The van der Waals surface area contributed by atoms with Crippen LogP contribution in [-0.2, 0) is 11.8 Å². The van der Waals surface area contributed by atoms with E-state index in [9.17, 15) is 14.4 Å². The molecular weight excluding hydrogens is 812 g/mol. The van der Waals surface area contributed by atoms with E-state index in [0.717, 1.165) is 38.7 Å². The fraction of sp³-hybridized carbons (Fsp3) is 0.222. The van der Waals surface area contributed by atoms with Crippen LogP contribution in [-0.4, -0.2) is 85.4 Å². The summed E-state index contributed by atoms with van der Waals surface area (Å²) in [6.45, 7) is 3.56. The number of aromatic nitrogens is 8. The van der Waals surface area contributed by atoms with Gasteiger partial charge in [-0.3, -0.25) is 22.7 Å². The number of hydrogen-bond acceptors (Lipinski definition) is 10. The molecule has 0 aliphatic carbocycles. The maximum atomic E-state index is 12.7. The average Bonchev–Trinajstić information content (AvgIpc) is 3.98. The first-order valence-corrected chi connectivity index (χ1v) is 17.9. The lowest BCUT2D eigenvalue weighted by Gasteiger charge is -2.08. The molecule has 0 radical (unpaired) electrons. The van der Waals surface area contributed by atoms with Gasteiger partial charge in [-0.15, -0.1) is 0 Å². The summed E-state index contributed by atoms with van der Waals surface area (Å²) in [6, 6.07) is 11.1. The zero-order valence-electron chi connectivity index (χ0n) is 28.5. The Bertz CT molecular complexity index is 2490. The van der Waals surface area contributed by atoms with E-state index >= 15 is 0 Å². The number of carboxylic acid groups (broad SMARTS) is 1. The molecule has 15 nitrogen and oxygen atoms in total. The van der Waals surface area contributed by atoms with Gasteiger partial charge in [-0.05, 0) is 61.2 Å². The van der Waals surface area contributed by atoms with Crippen molar-refractivity contribution in [3.05, 3.63) is 112 Å². The number of aromatic carboxylic acids is 1. The number of carbonyl (C=O) groups excluding carboxylic acids is 2. The third-order valence-corrected chi connectivity index (χ3v) is 9.38. The molecular formula is C36H32Br2N10O5. The molecule has 1 saturated heterocycles. The summed E-state index contributed by atoms with van der Waals surface area (Å²) in [5.74, 6) is -1.01. The lowest BCUT2D eigenvalue weighted by Crippen LogP contribution is -2.16. The molecule has 270 valence electrons. The molecule has 8 heterocycles. The number of fused-ring (bicyclic) bond motifs is 3. The highest BCUT2D eigenvalue weighted by Gasteiger charge is 2.25. The van der Waals surface area contributed by atoms with E-state index in [0.29, 0.717) is 42.3 Å². The SMILES string of the molecule is CCOC(=O)c1cnc2cc(Br)ccn12.Cn1cc(-c2ccn3c(C(=O)C[C@@H]4CCN(C#N)C4)cnc3c2)cn1.O=C(O)c1cnc2cc(Br)ccn12. The number of Topliss-reactive ketones (excluding diaryl/α,β-unsaturated/α-hetero) is 1. The molecule has 8 rings (SSSR count). The monoisotopic (exact) mass is 842 g/mol. The van der Waals surface area contributed by atoms with Crippen molar-refractivity contribution < 1.29 is 24.2 Å². The molecule has 17 heteroatoms. The molecule has 0 saturated carbocycles. The highest BCUT2D eigenvalue weighted by molar-refractivity contribution is 9.10. The number of halogens is 2. The van der Waals surface area contributed by atoms with Crippen molar-refractivity contribution in [2.75, 3.05) is 19.7 Å². The Hall–Kier alpha value is -5.86. The summed E-state index contributed by atoms with van der Waals surface area (Å²) in [6.07, 6.45) is 17.1. The summed E-state index contributed by atoms with van der Waals surface area (Å²) >= 11 is 6.62. The summed E-state index contributed by atoms with van der Waals surface area (Å²) in [5.41, 5.74) is 5.33. The second-order valence-electron chi connectivity index (χ2n) is 12.0. The number of imidazole rings is 3. The van der Waals surface area contributed by atoms with Crippen LogP contribution in [0, 0.1) is 17.4 Å². The number of likely N-dealkylation sites (tertiary alicyclic amines) is 1. The zero-order chi connectivity index (χ0) is 37.6. The molecule has 0 bridgehead atoms. The van der Waals surface area contributed by atoms with Crippen molar-refractivity contribution in [3.63, 3.8) is 0 Å². The molecule has 7 aromatic rings. The number of carboxylic acids is 1. The third-order valence-electron chi connectivity index (χ3n) is 8.39. The molecule has 1 atom stereocenters. The number of esters is 1. The standard InChI is InChI=1S/C18H18N6O.C10H9BrN2O2.C8H5BrN2O2/c1-22-11-15(8-21-22)14-3-5-24-16(9-20-18(24)7-14)17(25)6-13-2-4-23(10-13)12-19;1-2-15-10(14)8-6-12-9-5-7(11)3-4-13(8)9;9-5-1-2-11-6(8(12)13)4-10-7(11)3-5/h3,5,7-9,11,13H,2,4,6,10H2,1H3;3-6H,2H2,1H3;1-4H,(H,12,13)/t13-;;/m0../s1. The molecule has 0 unspecified atom stereocenters. The van der Waals surface area contributed by atoms with Crippen LogP contribution in [0.5, 0.6) is 0 Å². The van der Waals surface area contributed by atoms with Gasteiger partial charge < -0.3 is 14.7 Å². The highest BCUT2D eigenvalue weighted by atomic mass is 79.9. The average molecular weight is 845 g/mol. The quantitative estimate of drug-likeness (QED) is 0.110.